The Balaban J connectivity index is 1.21. The Morgan fingerprint density at radius 1 is 0.571 bits per heavy atom. The van der Waals surface area contributed by atoms with E-state index >= 15 is 14.4 Å². The third-order valence-corrected chi connectivity index (χ3v) is 22.0. The first-order valence-corrected chi connectivity index (χ1v) is 44.1. The molecule has 4 heterocycles. The van der Waals surface area contributed by atoms with Crippen LogP contribution in [0, 0.1) is 5.41 Å². The average molecular weight is 1760 g/mol. The van der Waals surface area contributed by atoms with Crippen molar-refractivity contribution in [2.75, 3.05) is 39.3 Å². The second kappa shape index (κ2) is 56.1. The minimum Gasteiger partial charge on any atom is -0.394 e. The minimum absolute atomic E-state index is 0.0194. The molecule has 15 amide bonds. The standard InChI is InChI=1S/C86H132N22O18/c1-3-5-7-8-9-10-11-12-13-14-15-16-20-33-73(114)96-49-74(115)98-63(36-38-71(87)112)78(119)102-64(37-39-72(88)113)79(120)105-68(44-55-47-93-52-97-55)82(123)107-69(51-109)83(124)101-61(29-6-4-2)76(117)103-65-35-34-56(110)48-92-40-24-23-31-60(75(89)116)99-81(122)67(43-54-46-95-59-30-22-21-28-58(54)59)104-77(118)62(32-25-41-94-86(90)91)100-80(121)66(42-53-26-18-17-19-27-53)106-84(125)70-45-57(111)50-108(70)85(65)126/h17-19,21-22,26-28,30,46-47,52,57,60-70,92,95,109,111H,3-16,20,23-25,29,31-45,48-51H2,1-2H3,(H2,87,112)(H2,88,113)(H2,89,116)(H,93,97)(H,96,114)(H,98,115)(H,99,122)(H,100,121)(H,101,124)(H,102,119)(H,103,117)(H,104,118)(H,105,120)(H,106,125)(H,107,123)(H4,90,91,94)/t57?,60-,61-,62-,63-,64-,65-,66+,67-,68-,69-,70-/m0/s1. The third-order valence-electron chi connectivity index (χ3n) is 22.0. The maximum absolute atomic E-state index is 15.3. The molecule has 2 aliphatic heterocycles. The highest BCUT2D eigenvalue weighted by Gasteiger charge is 2.44. The van der Waals surface area contributed by atoms with Crippen LogP contribution in [0.2, 0.25) is 0 Å². The number of H-pyrrole nitrogens is 2. The lowest BCUT2D eigenvalue weighted by Crippen LogP contribution is -2.61. The largest absolute Gasteiger partial charge is 0.394 e. The van der Waals surface area contributed by atoms with Gasteiger partial charge < -0.3 is 117 Å². The van der Waals surface area contributed by atoms with Gasteiger partial charge in [-0.2, -0.15) is 0 Å². The molecule has 0 saturated carbocycles. The second-order valence-corrected chi connectivity index (χ2v) is 32.3. The number of aliphatic hydroxyl groups excluding tert-OH is 2. The zero-order chi connectivity index (χ0) is 91.9. The zero-order valence-corrected chi connectivity index (χ0v) is 72.4. The molecule has 2 saturated heterocycles. The first-order valence-electron chi connectivity index (χ1n) is 44.1. The third kappa shape index (κ3) is 37.5. The Hall–Kier alpha value is -11.9. The molecule has 26 N–H and O–H groups in total. The number of aromatic nitrogens is 3. The molecule has 2 aliphatic rings. The van der Waals surface area contributed by atoms with Gasteiger partial charge in [0.25, 0.3) is 0 Å². The highest BCUT2D eigenvalue weighted by Crippen LogP contribution is 2.24. The summed E-state index contributed by atoms with van der Waals surface area (Å²) in [5.41, 5.74) is 24.4. The van der Waals surface area contributed by atoms with Gasteiger partial charge in [0.2, 0.25) is 88.6 Å². The molecule has 40 nitrogen and oxygen atoms in total. The Morgan fingerprint density at radius 3 is 1.76 bits per heavy atom. The quantitative estimate of drug-likeness (QED) is 0.0142. The Bertz CT molecular complexity index is 4230. The highest BCUT2D eigenvalue weighted by molar-refractivity contribution is 6.01. The number of nitrogens with one attached hydrogen (secondary N) is 16. The van der Waals surface area contributed by atoms with E-state index in [0.29, 0.717) is 30.4 Å². The second-order valence-electron chi connectivity index (χ2n) is 32.3. The molecule has 694 valence electrons. The molecule has 2 aromatic heterocycles. The summed E-state index contributed by atoms with van der Waals surface area (Å²) in [5, 5.41) is 64.8. The van der Waals surface area contributed by atoms with Crippen LogP contribution in [-0.4, -0.2) is 242 Å². The van der Waals surface area contributed by atoms with Crippen molar-refractivity contribution >= 4 is 111 Å². The fraction of sp³-hybridized carbons (Fsp3) is 0.605. The fourth-order valence-electron chi connectivity index (χ4n) is 14.9. The van der Waals surface area contributed by atoms with Crippen LogP contribution in [0.5, 0.6) is 0 Å². The molecule has 1 unspecified atom stereocenters. The van der Waals surface area contributed by atoms with E-state index in [-0.39, 0.29) is 95.5 Å². The molecule has 2 fully saturated rings. The normalized spacial score (nSPS) is 19.5. The fourth-order valence-corrected chi connectivity index (χ4v) is 14.9. The van der Waals surface area contributed by atoms with Gasteiger partial charge in [-0.05, 0) is 87.9 Å². The molecule has 0 aliphatic carbocycles. The SMILES string of the molecule is CCCCCCCCCCCCCCCC(=O)NCC(=O)N[C@@H](CCC(N)=O)C(=O)N[C@@H](CCC(N)=O)C(=O)N[C@@H](Cc1c[nH]cn1)C(=O)N[C@@H](CO)C(=O)N[C@@H](CCCC)C(=O)N[C@H]1CCC(=O)CNCCCC[C@@H](C(N)=O)NC(=O)[C@H](Cc2c[nH]c3ccccc23)NC(=O)[C@H](CCCNC(=N)N)NC(=O)[C@@H](Cc2ccccc2)NC(=O)[C@@H]2CC(O)CN2C1=O. The number of para-hydroxylation sites is 1. The van der Waals surface area contributed by atoms with E-state index in [4.69, 9.17) is 28.3 Å². The smallest absolute Gasteiger partial charge is 0.245 e. The first kappa shape index (κ1) is 103. The lowest BCUT2D eigenvalue weighted by atomic mass is 10.0. The lowest BCUT2D eigenvalue weighted by Gasteiger charge is -2.31. The van der Waals surface area contributed by atoms with Crippen molar-refractivity contribution in [1.82, 2.24) is 89.0 Å². The summed E-state index contributed by atoms with van der Waals surface area (Å²) < 4.78 is 0. The van der Waals surface area contributed by atoms with Crippen LogP contribution in [0.3, 0.4) is 0 Å². The molecule has 0 spiro atoms. The van der Waals surface area contributed by atoms with E-state index in [2.05, 4.69) is 91.0 Å². The number of aromatic amines is 2. The van der Waals surface area contributed by atoms with Crippen LogP contribution < -0.4 is 92.1 Å². The number of benzene rings is 2. The summed E-state index contributed by atoms with van der Waals surface area (Å²) in [7, 11) is 0. The van der Waals surface area contributed by atoms with E-state index in [1.807, 2.05) is 12.1 Å². The first-order chi connectivity index (χ1) is 60.5. The van der Waals surface area contributed by atoms with Gasteiger partial charge in [-0.15, -0.1) is 0 Å². The summed E-state index contributed by atoms with van der Waals surface area (Å²) in [5.74, 6) is -14.7. The lowest BCUT2D eigenvalue weighted by molar-refractivity contribution is -0.143. The molecular weight excluding hydrogens is 1630 g/mol. The van der Waals surface area contributed by atoms with Crippen molar-refractivity contribution in [3.8, 4) is 0 Å². The summed E-state index contributed by atoms with van der Waals surface area (Å²) in [6, 6.07) is -1.71. The van der Waals surface area contributed by atoms with Gasteiger partial charge in [0, 0.05) is 87.8 Å². The molecule has 40 heteroatoms. The van der Waals surface area contributed by atoms with Gasteiger partial charge in [-0.1, -0.05) is 152 Å². The predicted octanol–water partition coefficient (Wildman–Crippen LogP) is -1.09. The number of ketones is 1. The Labute approximate surface area is 733 Å². The van der Waals surface area contributed by atoms with Gasteiger partial charge in [-0.25, -0.2) is 4.98 Å². The topological polar surface area (TPSA) is 646 Å². The number of Topliss-reactive ketones (excluding diaryl/α,β-unsaturated/α-hetero) is 1. The number of guanidine groups is 1. The Morgan fingerprint density at radius 2 is 1.13 bits per heavy atom. The van der Waals surface area contributed by atoms with Crippen LogP contribution in [0.1, 0.15) is 217 Å². The molecule has 126 heavy (non-hydrogen) atoms. The maximum atomic E-state index is 15.3. The van der Waals surface area contributed by atoms with E-state index in [1.54, 1.807) is 55.6 Å². The van der Waals surface area contributed by atoms with E-state index in [0.717, 1.165) is 41.5 Å². The van der Waals surface area contributed by atoms with Gasteiger partial charge in [-0.3, -0.25) is 82.1 Å². The van der Waals surface area contributed by atoms with Gasteiger partial charge >= 0.3 is 0 Å². The van der Waals surface area contributed by atoms with Crippen LogP contribution in [-0.2, 0) is 96.0 Å². The number of fused-ring (bicyclic) bond motifs is 2. The number of carbonyl (C=O) groups excluding carboxylic acids is 16. The number of nitrogens with two attached hydrogens (primary N) is 4. The monoisotopic (exact) mass is 1760 g/mol. The minimum atomic E-state index is -1.91. The van der Waals surface area contributed by atoms with Crippen molar-refractivity contribution in [2.24, 2.45) is 22.9 Å². The van der Waals surface area contributed by atoms with E-state index in [9.17, 15) is 72.5 Å². The van der Waals surface area contributed by atoms with Crippen molar-refractivity contribution in [1.29, 1.82) is 5.41 Å². The summed E-state index contributed by atoms with van der Waals surface area (Å²) in [4.78, 5) is 236. The number of nitrogens with zero attached hydrogens (tertiary/aromatic N) is 2. The molecule has 6 rings (SSSR count). The molecule has 12 atom stereocenters. The number of hydrogen-bond donors (Lipinski definition) is 22. The molecule has 0 bridgehead atoms. The number of aliphatic hydroxyl groups is 2. The maximum Gasteiger partial charge on any atom is 0.245 e. The van der Waals surface area contributed by atoms with Crippen molar-refractivity contribution in [2.45, 2.75) is 292 Å². The van der Waals surface area contributed by atoms with Gasteiger partial charge in [0.15, 0.2) is 5.96 Å². The van der Waals surface area contributed by atoms with Crippen molar-refractivity contribution in [3.05, 3.63) is 90.1 Å². The number of amides is 15. The number of hydrogen-bond acceptors (Lipinski definition) is 21. The Kier molecular flexibility index (Phi) is 45.8. The van der Waals surface area contributed by atoms with E-state index in [1.165, 1.54) is 63.9 Å². The summed E-state index contributed by atoms with van der Waals surface area (Å²) >= 11 is 0. The average Bonchev–Trinajstić information content (AvgIpc) is 1.65. The highest BCUT2D eigenvalue weighted by atomic mass is 16.3. The van der Waals surface area contributed by atoms with Crippen molar-refractivity contribution in [3.63, 3.8) is 0 Å². The number of rotatable bonds is 48. The molecule has 4 aromatic rings. The number of imidazole rings is 1. The van der Waals surface area contributed by atoms with Gasteiger partial charge in [0.1, 0.15) is 72.2 Å². The van der Waals surface area contributed by atoms with Crippen LogP contribution in [0.15, 0.2) is 73.3 Å². The summed E-state index contributed by atoms with van der Waals surface area (Å²) in [6.45, 7) is 1.73. The van der Waals surface area contributed by atoms with E-state index < -0.39 is 232 Å². The number of primary amides is 3. The molecular formula is C86H132N22O18. The molecule has 0 radical (unpaired) electrons. The van der Waals surface area contributed by atoms with Crippen molar-refractivity contribution < 1.29 is 86.9 Å². The summed E-state index contributed by atoms with van der Waals surface area (Å²) in [6.07, 6.45) is 14.8. The van der Waals surface area contributed by atoms with Gasteiger partial charge in [0.05, 0.1) is 37.8 Å². The van der Waals surface area contributed by atoms with Crippen LogP contribution in [0.4, 0.5) is 0 Å². The van der Waals surface area contributed by atoms with Crippen LogP contribution >= 0.6 is 0 Å². The molecule has 2 aromatic carbocycles. The van der Waals surface area contributed by atoms with Crippen LogP contribution in [0.25, 0.3) is 10.9 Å². The number of unbranched alkanes of at least 4 members (excludes halogenated alkanes) is 13. The number of carbonyl (C=O) groups is 16. The predicted molar refractivity (Wildman–Crippen MR) is 466 cm³/mol. The zero-order valence-electron chi connectivity index (χ0n) is 72.4.